The number of likely N-dealkylation sites (tertiary alicyclic amines) is 1. The van der Waals surface area contributed by atoms with Gasteiger partial charge in [-0.25, -0.2) is 4.79 Å². The number of piperidine rings is 1. The van der Waals surface area contributed by atoms with Crippen molar-refractivity contribution in [3.05, 3.63) is 64.6 Å². The summed E-state index contributed by atoms with van der Waals surface area (Å²) in [4.78, 5) is 45.5. The summed E-state index contributed by atoms with van der Waals surface area (Å²) < 4.78 is 10.6. The summed E-state index contributed by atoms with van der Waals surface area (Å²) in [5, 5.41) is 17.9. The molecule has 11 heteroatoms. The minimum Gasteiger partial charge on any atom is -0.457 e. The molecule has 240 valence electrons. The van der Waals surface area contributed by atoms with E-state index in [-0.39, 0.29) is 17.7 Å². The molecule has 1 aromatic heterocycles. The Morgan fingerprint density at radius 3 is 2.29 bits per heavy atom. The number of hydrogen-bond donors (Lipinski definition) is 3. The number of aliphatic hydroxyl groups is 1. The summed E-state index contributed by atoms with van der Waals surface area (Å²) in [5.41, 5.74) is 0.987. The number of aliphatic hydroxyl groups excluding tert-OH is 1. The summed E-state index contributed by atoms with van der Waals surface area (Å²) in [6, 6.07) is 14.3. The summed E-state index contributed by atoms with van der Waals surface area (Å²) >= 11 is 0. The standard InChI is InChI=1S/C34H43N5O6/c1-2-3-19-39-31(41)28(29(40)24-7-5-4-6-8-24)35-32(42)34(39)17-20-38(21-18-34)22-23-9-13-26(14-10-23)44-27-15-11-25(12-16-27)30-36-33(43)45-37-30/h9-16,24,28-29,40H,2-8,17-22H2,1H3,(H,35,42)(H,36,37,43)/t28-,29-/m1/s1. The highest BCUT2D eigenvalue weighted by Gasteiger charge is 2.55. The van der Waals surface area contributed by atoms with Crippen LogP contribution < -0.4 is 15.8 Å². The molecule has 45 heavy (non-hydrogen) atoms. The van der Waals surface area contributed by atoms with E-state index in [9.17, 15) is 19.5 Å². The maximum absolute atomic E-state index is 13.9. The Hall–Kier alpha value is -3.96. The van der Waals surface area contributed by atoms with Gasteiger partial charge in [0.2, 0.25) is 11.8 Å². The van der Waals surface area contributed by atoms with E-state index < -0.39 is 23.4 Å². The van der Waals surface area contributed by atoms with Crippen molar-refractivity contribution in [1.29, 1.82) is 0 Å². The molecule has 3 aromatic rings. The Bertz CT molecular complexity index is 1500. The second kappa shape index (κ2) is 13.6. The smallest absolute Gasteiger partial charge is 0.439 e. The van der Waals surface area contributed by atoms with E-state index in [1.54, 1.807) is 24.3 Å². The fourth-order valence-electron chi connectivity index (χ4n) is 7.13. The van der Waals surface area contributed by atoms with Crippen molar-refractivity contribution in [2.45, 2.75) is 88.9 Å². The first-order chi connectivity index (χ1) is 21.9. The van der Waals surface area contributed by atoms with Gasteiger partial charge in [0.1, 0.15) is 23.1 Å². The molecule has 0 unspecified atom stereocenters. The van der Waals surface area contributed by atoms with Gasteiger partial charge in [0, 0.05) is 31.7 Å². The average Bonchev–Trinajstić information content (AvgIpc) is 3.51. The Balaban J connectivity index is 1.06. The third-order valence-electron chi connectivity index (χ3n) is 9.78. The lowest BCUT2D eigenvalue weighted by molar-refractivity contribution is -0.166. The number of benzene rings is 2. The molecule has 3 heterocycles. The van der Waals surface area contributed by atoms with Gasteiger partial charge in [0.25, 0.3) is 0 Å². The average molecular weight is 618 g/mol. The first-order valence-electron chi connectivity index (χ1n) is 16.3. The molecule has 1 spiro atoms. The molecule has 2 atom stereocenters. The predicted octanol–water partition coefficient (Wildman–Crippen LogP) is 4.23. The highest BCUT2D eigenvalue weighted by Crippen LogP contribution is 2.36. The molecule has 2 aromatic carbocycles. The number of ether oxygens (including phenoxy) is 1. The predicted molar refractivity (Wildman–Crippen MR) is 167 cm³/mol. The van der Waals surface area contributed by atoms with Crippen molar-refractivity contribution < 1.29 is 24.0 Å². The molecule has 2 amide bonds. The molecular weight excluding hydrogens is 574 g/mol. The molecule has 1 saturated carbocycles. The van der Waals surface area contributed by atoms with Crippen LogP contribution in [0.2, 0.25) is 0 Å². The first-order valence-corrected chi connectivity index (χ1v) is 16.3. The fourth-order valence-corrected chi connectivity index (χ4v) is 7.13. The van der Waals surface area contributed by atoms with Gasteiger partial charge < -0.3 is 20.1 Å². The van der Waals surface area contributed by atoms with Gasteiger partial charge in [-0.05, 0) is 80.0 Å². The number of aromatic nitrogens is 2. The molecule has 2 saturated heterocycles. The van der Waals surface area contributed by atoms with Crippen LogP contribution in [0.3, 0.4) is 0 Å². The quantitative estimate of drug-likeness (QED) is 0.307. The van der Waals surface area contributed by atoms with E-state index >= 15 is 0 Å². The lowest BCUT2D eigenvalue weighted by Gasteiger charge is -2.52. The lowest BCUT2D eigenvalue weighted by Crippen LogP contribution is -2.75. The number of rotatable bonds is 10. The van der Waals surface area contributed by atoms with Crippen LogP contribution in [0.5, 0.6) is 11.5 Å². The Labute approximate surface area is 262 Å². The van der Waals surface area contributed by atoms with E-state index in [2.05, 4.69) is 31.8 Å². The van der Waals surface area contributed by atoms with Gasteiger partial charge in [-0.15, -0.1) is 0 Å². The second-order valence-corrected chi connectivity index (χ2v) is 12.7. The van der Waals surface area contributed by atoms with Crippen molar-refractivity contribution in [3.63, 3.8) is 0 Å². The number of amides is 2. The topological polar surface area (TPSA) is 141 Å². The number of carbonyl (C=O) groups excluding carboxylic acids is 2. The van der Waals surface area contributed by atoms with Crippen LogP contribution in [-0.4, -0.2) is 74.2 Å². The van der Waals surface area contributed by atoms with Gasteiger partial charge in [0.15, 0.2) is 5.82 Å². The zero-order valence-electron chi connectivity index (χ0n) is 25.9. The van der Waals surface area contributed by atoms with E-state index in [0.29, 0.717) is 55.4 Å². The van der Waals surface area contributed by atoms with E-state index in [1.807, 2.05) is 29.2 Å². The SMILES string of the molecule is CCCCN1C(=O)[C@@H]([C@H](O)C2CCCCC2)NC(=O)C12CCN(Cc1ccc(Oc3ccc(-c4noc(=O)[nH]4)cc3)cc1)CC2. The number of nitrogens with zero attached hydrogens (tertiary/aromatic N) is 3. The molecule has 1 aliphatic carbocycles. The summed E-state index contributed by atoms with van der Waals surface area (Å²) in [7, 11) is 0. The van der Waals surface area contributed by atoms with Crippen molar-refractivity contribution in [1.82, 2.24) is 25.3 Å². The molecule has 2 aliphatic heterocycles. The summed E-state index contributed by atoms with van der Waals surface area (Å²) in [6.45, 7) is 4.75. The van der Waals surface area contributed by atoms with Crippen LogP contribution in [0.25, 0.3) is 11.4 Å². The second-order valence-electron chi connectivity index (χ2n) is 12.7. The normalized spacial score (nSPS) is 21.6. The van der Waals surface area contributed by atoms with E-state index in [1.165, 1.54) is 6.42 Å². The van der Waals surface area contributed by atoms with Gasteiger partial charge in [0.05, 0.1) is 6.10 Å². The highest BCUT2D eigenvalue weighted by molar-refractivity contribution is 6.00. The lowest BCUT2D eigenvalue weighted by atomic mass is 9.78. The monoisotopic (exact) mass is 617 g/mol. The first kappa shape index (κ1) is 31.0. The van der Waals surface area contributed by atoms with Gasteiger partial charge >= 0.3 is 5.76 Å². The minimum atomic E-state index is -0.859. The van der Waals surface area contributed by atoms with Gasteiger partial charge in [-0.3, -0.25) is 24.0 Å². The zero-order valence-corrected chi connectivity index (χ0v) is 25.9. The maximum Gasteiger partial charge on any atom is 0.439 e. The number of nitrogens with one attached hydrogen (secondary N) is 2. The van der Waals surface area contributed by atoms with E-state index in [0.717, 1.165) is 50.6 Å². The Kier molecular flexibility index (Phi) is 9.37. The number of H-pyrrole nitrogens is 1. The molecule has 11 nitrogen and oxygen atoms in total. The van der Waals surface area contributed by atoms with Crippen LogP contribution in [0.4, 0.5) is 0 Å². The number of aromatic amines is 1. The zero-order chi connectivity index (χ0) is 31.4. The van der Waals surface area contributed by atoms with Crippen LogP contribution in [0.15, 0.2) is 57.8 Å². The molecule has 3 aliphatic rings. The molecule has 0 radical (unpaired) electrons. The summed E-state index contributed by atoms with van der Waals surface area (Å²) in [5.74, 6) is 0.952. The van der Waals surface area contributed by atoms with Crippen molar-refractivity contribution >= 4 is 11.8 Å². The number of hydrogen-bond acceptors (Lipinski definition) is 8. The van der Waals surface area contributed by atoms with Crippen LogP contribution in [0, 0.1) is 5.92 Å². The number of piperazine rings is 1. The van der Waals surface area contributed by atoms with Gasteiger partial charge in [-0.2, -0.15) is 0 Å². The third-order valence-corrected chi connectivity index (χ3v) is 9.78. The van der Waals surface area contributed by atoms with Crippen molar-refractivity contribution in [2.24, 2.45) is 5.92 Å². The largest absolute Gasteiger partial charge is 0.457 e. The van der Waals surface area contributed by atoms with Crippen LogP contribution in [-0.2, 0) is 16.1 Å². The molecular formula is C34H43N5O6. The molecule has 6 rings (SSSR count). The van der Waals surface area contributed by atoms with Gasteiger partial charge in [-0.1, -0.05) is 49.9 Å². The maximum atomic E-state index is 13.9. The van der Waals surface area contributed by atoms with Crippen LogP contribution >= 0.6 is 0 Å². The summed E-state index contributed by atoms with van der Waals surface area (Å²) in [6.07, 6.45) is 7.18. The Morgan fingerprint density at radius 2 is 1.67 bits per heavy atom. The van der Waals surface area contributed by atoms with Crippen molar-refractivity contribution in [3.8, 4) is 22.9 Å². The Morgan fingerprint density at radius 1 is 1.00 bits per heavy atom. The number of unbranched alkanes of at least 4 members (excludes halogenated alkanes) is 1. The van der Waals surface area contributed by atoms with E-state index in [4.69, 9.17) is 4.74 Å². The third kappa shape index (κ3) is 6.69. The highest BCUT2D eigenvalue weighted by atomic mass is 16.5. The minimum absolute atomic E-state index is 0.0624. The van der Waals surface area contributed by atoms with Crippen molar-refractivity contribution in [2.75, 3.05) is 19.6 Å². The van der Waals surface area contributed by atoms with Crippen LogP contribution in [0.1, 0.15) is 70.3 Å². The number of carbonyl (C=O) groups is 2. The fraction of sp³-hybridized carbons (Fsp3) is 0.529. The molecule has 3 fully saturated rings. The molecule has 0 bridgehead atoms. The molecule has 3 N–H and O–H groups in total.